The number of amides is 1. The molecule has 4 aromatic rings. The van der Waals surface area contributed by atoms with Crippen LogP contribution in [-0.2, 0) is 6.54 Å². The van der Waals surface area contributed by atoms with Gasteiger partial charge in [0.2, 0.25) is 0 Å². The molecule has 8 heteroatoms. The van der Waals surface area contributed by atoms with Gasteiger partial charge in [0.05, 0.1) is 29.3 Å². The van der Waals surface area contributed by atoms with Crippen LogP contribution in [0.1, 0.15) is 48.2 Å². The molecule has 0 atom stereocenters. The summed E-state index contributed by atoms with van der Waals surface area (Å²) in [6.45, 7) is 5.28. The monoisotopic (exact) mass is 481 g/mol. The Bertz CT molecular complexity index is 1370. The Balaban J connectivity index is 1.23. The van der Waals surface area contributed by atoms with Gasteiger partial charge in [0.15, 0.2) is 5.69 Å². The van der Waals surface area contributed by atoms with Gasteiger partial charge in [0, 0.05) is 43.0 Å². The molecule has 3 aromatic heterocycles. The molecule has 2 aliphatic heterocycles. The zero-order valence-electron chi connectivity index (χ0n) is 20.4. The van der Waals surface area contributed by atoms with E-state index in [4.69, 9.17) is 0 Å². The van der Waals surface area contributed by atoms with Crippen molar-refractivity contribution in [2.75, 3.05) is 36.4 Å². The van der Waals surface area contributed by atoms with E-state index in [0.29, 0.717) is 11.4 Å². The molecule has 6 rings (SSSR count). The van der Waals surface area contributed by atoms with Crippen molar-refractivity contribution < 1.29 is 4.79 Å². The first kappa shape index (κ1) is 22.7. The quantitative estimate of drug-likeness (QED) is 0.409. The van der Waals surface area contributed by atoms with E-state index in [1.807, 2.05) is 42.9 Å². The van der Waals surface area contributed by atoms with Crippen molar-refractivity contribution in [3.63, 3.8) is 0 Å². The van der Waals surface area contributed by atoms with Crippen molar-refractivity contribution >= 4 is 28.2 Å². The lowest BCUT2D eigenvalue weighted by molar-refractivity contribution is 0.102. The average Bonchev–Trinajstić information content (AvgIpc) is 3.60. The zero-order valence-corrected chi connectivity index (χ0v) is 20.4. The van der Waals surface area contributed by atoms with Gasteiger partial charge in [0.25, 0.3) is 5.91 Å². The van der Waals surface area contributed by atoms with Crippen molar-refractivity contribution in [3.8, 4) is 11.1 Å². The first-order chi connectivity index (χ1) is 17.7. The Morgan fingerprint density at radius 1 is 0.861 bits per heavy atom. The second-order valence-electron chi connectivity index (χ2n) is 9.83. The number of pyridine rings is 2. The molecule has 8 nitrogen and oxygen atoms in total. The standard InChI is InChI=1S/C28H31N7O/c36-28(31-23-14-24(18-30-17-23)35-10-4-5-11-35)27-25-13-21(6-7-26(25)32-33-27)22-12-20(15-29-16-22)19-34-8-2-1-3-9-34/h6-7,12-18H,1-5,8-11,19H2,(H,31,36)(H,32,33). The normalized spacial score (nSPS) is 16.5. The number of nitrogens with zero attached hydrogens (tertiary/aromatic N) is 5. The molecule has 1 amide bonds. The Labute approximate surface area is 210 Å². The maximum Gasteiger partial charge on any atom is 0.276 e. The van der Waals surface area contributed by atoms with Gasteiger partial charge >= 0.3 is 0 Å². The van der Waals surface area contributed by atoms with Gasteiger partial charge < -0.3 is 10.2 Å². The van der Waals surface area contributed by atoms with Crippen LogP contribution < -0.4 is 10.2 Å². The Kier molecular flexibility index (Phi) is 6.34. The van der Waals surface area contributed by atoms with Crippen molar-refractivity contribution in [3.05, 3.63) is 66.4 Å². The van der Waals surface area contributed by atoms with Crippen LogP contribution in [0.15, 0.2) is 55.1 Å². The third-order valence-corrected chi connectivity index (χ3v) is 7.21. The highest BCUT2D eigenvalue weighted by Gasteiger charge is 2.18. The largest absolute Gasteiger partial charge is 0.370 e. The van der Waals surface area contributed by atoms with E-state index in [9.17, 15) is 4.79 Å². The van der Waals surface area contributed by atoms with Gasteiger partial charge in [-0.3, -0.25) is 24.8 Å². The van der Waals surface area contributed by atoms with Gasteiger partial charge in [-0.2, -0.15) is 5.10 Å². The average molecular weight is 482 g/mol. The van der Waals surface area contributed by atoms with Crippen LogP contribution in [0.3, 0.4) is 0 Å². The van der Waals surface area contributed by atoms with E-state index < -0.39 is 0 Å². The molecule has 2 fully saturated rings. The summed E-state index contributed by atoms with van der Waals surface area (Å²) < 4.78 is 0. The Hall–Kier alpha value is -3.78. The summed E-state index contributed by atoms with van der Waals surface area (Å²) in [7, 11) is 0. The predicted octanol–water partition coefficient (Wildman–Crippen LogP) is 4.86. The third-order valence-electron chi connectivity index (χ3n) is 7.21. The van der Waals surface area contributed by atoms with E-state index in [1.54, 1.807) is 6.20 Å². The van der Waals surface area contributed by atoms with Crippen LogP contribution in [0.25, 0.3) is 22.0 Å². The van der Waals surface area contributed by atoms with Gasteiger partial charge in [0.1, 0.15) is 0 Å². The minimum Gasteiger partial charge on any atom is -0.370 e. The number of carbonyl (C=O) groups excluding carboxylic acids is 1. The van der Waals surface area contributed by atoms with E-state index in [0.717, 1.165) is 60.4 Å². The molecule has 0 aliphatic carbocycles. The second-order valence-corrected chi connectivity index (χ2v) is 9.83. The second kappa shape index (κ2) is 10.1. The van der Waals surface area contributed by atoms with Gasteiger partial charge in [-0.15, -0.1) is 0 Å². The lowest BCUT2D eigenvalue weighted by Crippen LogP contribution is -2.29. The number of aromatic amines is 1. The van der Waals surface area contributed by atoms with E-state index >= 15 is 0 Å². The number of nitrogens with one attached hydrogen (secondary N) is 2. The molecule has 2 N–H and O–H groups in total. The van der Waals surface area contributed by atoms with Crippen molar-refractivity contribution in [1.82, 2.24) is 25.1 Å². The fourth-order valence-electron chi connectivity index (χ4n) is 5.31. The van der Waals surface area contributed by atoms with Crippen LogP contribution >= 0.6 is 0 Å². The summed E-state index contributed by atoms with van der Waals surface area (Å²) in [5.41, 5.74) is 6.18. The number of carbonyl (C=O) groups is 1. The fraction of sp³-hybridized carbons (Fsp3) is 0.357. The minimum atomic E-state index is -0.254. The minimum absolute atomic E-state index is 0.254. The molecule has 0 unspecified atom stereocenters. The fourth-order valence-corrected chi connectivity index (χ4v) is 5.31. The predicted molar refractivity (Wildman–Crippen MR) is 142 cm³/mol. The molecule has 2 saturated heterocycles. The number of likely N-dealkylation sites (tertiary alicyclic amines) is 1. The summed E-state index contributed by atoms with van der Waals surface area (Å²) >= 11 is 0. The summed E-state index contributed by atoms with van der Waals surface area (Å²) in [5, 5.41) is 11.1. The molecular formula is C28H31N7O. The Morgan fingerprint density at radius 2 is 1.67 bits per heavy atom. The van der Waals surface area contributed by atoms with Crippen molar-refractivity contribution in [2.45, 2.75) is 38.6 Å². The topological polar surface area (TPSA) is 90.0 Å². The first-order valence-corrected chi connectivity index (χ1v) is 12.9. The molecule has 0 bridgehead atoms. The highest BCUT2D eigenvalue weighted by atomic mass is 16.1. The molecule has 0 saturated carbocycles. The number of aromatic nitrogens is 4. The zero-order chi connectivity index (χ0) is 24.3. The lowest BCUT2D eigenvalue weighted by atomic mass is 10.0. The van der Waals surface area contributed by atoms with Crippen LogP contribution in [0.4, 0.5) is 11.4 Å². The molecule has 2 aliphatic rings. The van der Waals surface area contributed by atoms with Crippen LogP contribution in [0, 0.1) is 0 Å². The number of benzene rings is 1. The van der Waals surface area contributed by atoms with Crippen molar-refractivity contribution in [2.24, 2.45) is 0 Å². The summed E-state index contributed by atoms with van der Waals surface area (Å²) in [4.78, 5) is 26.8. The summed E-state index contributed by atoms with van der Waals surface area (Å²) in [6, 6.07) is 10.2. The number of anilines is 2. The summed E-state index contributed by atoms with van der Waals surface area (Å²) in [5.74, 6) is -0.254. The third kappa shape index (κ3) is 4.81. The molecule has 5 heterocycles. The van der Waals surface area contributed by atoms with E-state index in [1.165, 1.54) is 37.7 Å². The number of fused-ring (bicyclic) bond motifs is 1. The SMILES string of the molecule is O=C(Nc1cncc(N2CCCC2)c1)c1n[nH]c2ccc(-c3cncc(CN4CCCCC4)c3)cc12. The van der Waals surface area contributed by atoms with Crippen LogP contribution in [0.2, 0.25) is 0 Å². The number of H-pyrrole nitrogens is 1. The van der Waals surface area contributed by atoms with Crippen molar-refractivity contribution in [1.29, 1.82) is 0 Å². The molecule has 0 spiro atoms. The maximum absolute atomic E-state index is 13.2. The number of hydrogen-bond acceptors (Lipinski definition) is 6. The van der Waals surface area contributed by atoms with E-state index in [-0.39, 0.29) is 5.91 Å². The molecular weight excluding hydrogens is 450 g/mol. The van der Waals surface area contributed by atoms with Gasteiger partial charge in [-0.1, -0.05) is 12.5 Å². The maximum atomic E-state index is 13.2. The van der Waals surface area contributed by atoms with Crippen LogP contribution in [0.5, 0.6) is 0 Å². The molecule has 184 valence electrons. The highest BCUT2D eigenvalue weighted by Crippen LogP contribution is 2.27. The van der Waals surface area contributed by atoms with E-state index in [2.05, 4.69) is 41.3 Å². The highest BCUT2D eigenvalue weighted by molar-refractivity contribution is 6.11. The smallest absolute Gasteiger partial charge is 0.276 e. The first-order valence-electron chi connectivity index (χ1n) is 12.9. The molecule has 36 heavy (non-hydrogen) atoms. The molecule has 1 aromatic carbocycles. The van der Waals surface area contributed by atoms with Crippen LogP contribution in [-0.4, -0.2) is 57.2 Å². The number of hydrogen-bond donors (Lipinski definition) is 2. The Morgan fingerprint density at radius 3 is 2.53 bits per heavy atom. The number of piperidine rings is 1. The van der Waals surface area contributed by atoms with Gasteiger partial charge in [-0.05, 0) is 74.2 Å². The lowest BCUT2D eigenvalue weighted by Gasteiger charge is -2.26. The molecule has 0 radical (unpaired) electrons. The number of rotatable bonds is 6. The summed E-state index contributed by atoms with van der Waals surface area (Å²) in [6.07, 6.45) is 13.6. The van der Waals surface area contributed by atoms with Gasteiger partial charge in [-0.25, -0.2) is 0 Å².